The third-order valence-electron chi connectivity index (χ3n) is 4.85. The van der Waals surface area contributed by atoms with E-state index in [9.17, 15) is 19.1 Å². The Morgan fingerprint density at radius 3 is 2.13 bits per heavy atom. The van der Waals surface area contributed by atoms with Crippen LogP contribution >= 0.6 is 27.5 Å². The van der Waals surface area contributed by atoms with Crippen molar-refractivity contribution in [1.29, 1.82) is 0 Å². The Morgan fingerprint density at radius 2 is 1.53 bits per heavy atom. The van der Waals surface area contributed by atoms with Crippen LogP contribution in [0.2, 0.25) is 5.02 Å². The first-order chi connectivity index (χ1) is 14.4. The molecule has 3 aromatic rings. The summed E-state index contributed by atoms with van der Waals surface area (Å²) in [5.74, 6) is -2.39. The van der Waals surface area contributed by atoms with Gasteiger partial charge in [0, 0.05) is 20.7 Å². The standard InChI is InChI=1S/C23H14BrClFNO3/c24-15-5-1-13(2-6-15)20-19(21(28)14-3-7-16(25)8-4-14)22(29)23(30)27(20)18-11-9-17(26)10-12-18/h1-12,20,28H/t20-/m0/s1. The summed E-state index contributed by atoms with van der Waals surface area (Å²) in [6.07, 6.45) is 0. The number of nitrogens with zero attached hydrogens (tertiary/aromatic N) is 1. The fraction of sp³-hybridized carbons (Fsp3) is 0.0435. The van der Waals surface area contributed by atoms with Crippen LogP contribution in [0.3, 0.4) is 0 Å². The van der Waals surface area contributed by atoms with Crippen LogP contribution in [0.25, 0.3) is 5.76 Å². The topological polar surface area (TPSA) is 57.6 Å². The van der Waals surface area contributed by atoms with Crippen molar-refractivity contribution in [2.75, 3.05) is 4.90 Å². The molecule has 1 aliphatic rings. The second-order valence-electron chi connectivity index (χ2n) is 6.70. The maximum atomic E-state index is 13.4. The van der Waals surface area contributed by atoms with Crippen LogP contribution in [-0.4, -0.2) is 16.8 Å². The number of ketones is 1. The van der Waals surface area contributed by atoms with Gasteiger partial charge in [0.15, 0.2) is 0 Å². The molecule has 4 nitrogen and oxygen atoms in total. The Hall–Kier alpha value is -2.96. The lowest BCUT2D eigenvalue weighted by atomic mass is 9.95. The lowest BCUT2D eigenvalue weighted by Gasteiger charge is -2.25. The molecule has 30 heavy (non-hydrogen) atoms. The van der Waals surface area contributed by atoms with Crippen LogP contribution < -0.4 is 4.90 Å². The predicted octanol–water partition coefficient (Wildman–Crippen LogP) is 5.87. The molecule has 0 aromatic heterocycles. The highest BCUT2D eigenvalue weighted by Gasteiger charge is 2.46. The number of rotatable bonds is 3. The van der Waals surface area contributed by atoms with E-state index in [1.54, 1.807) is 48.5 Å². The fourth-order valence-corrected chi connectivity index (χ4v) is 3.81. The molecule has 0 unspecified atom stereocenters. The van der Waals surface area contributed by atoms with E-state index >= 15 is 0 Å². The molecule has 0 radical (unpaired) electrons. The molecule has 7 heteroatoms. The molecule has 1 saturated heterocycles. The number of Topliss-reactive ketones (excluding diaryl/α,β-unsaturated/α-hetero) is 1. The first-order valence-corrected chi connectivity index (χ1v) is 10.1. The van der Waals surface area contributed by atoms with Crippen molar-refractivity contribution in [3.8, 4) is 0 Å². The summed E-state index contributed by atoms with van der Waals surface area (Å²) in [6.45, 7) is 0. The number of aliphatic hydroxyl groups is 1. The number of aliphatic hydroxyl groups excluding tert-OH is 1. The van der Waals surface area contributed by atoms with Gasteiger partial charge in [0.1, 0.15) is 11.6 Å². The van der Waals surface area contributed by atoms with Crippen molar-refractivity contribution in [1.82, 2.24) is 0 Å². The zero-order chi connectivity index (χ0) is 21.4. The van der Waals surface area contributed by atoms with Gasteiger partial charge in [-0.15, -0.1) is 0 Å². The van der Waals surface area contributed by atoms with Crippen molar-refractivity contribution in [2.24, 2.45) is 0 Å². The SMILES string of the molecule is O=C1C(=O)N(c2ccc(F)cc2)[C@@H](c2ccc(Br)cc2)C1=C(O)c1ccc(Cl)cc1. The Kier molecular flexibility index (Phi) is 5.45. The maximum Gasteiger partial charge on any atom is 0.300 e. The molecule has 4 rings (SSSR count). The zero-order valence-electron chi connectivity index (χ0n) is 15.4. The summed E-state index contributed by atoms with van der Waals surface area (Å²) in [5, 5.41) is 11.4. The molecule has 1 heterocycles. The van der Waals surface area contributed by atoms with Gasteiger partial charge in [0.25, 0.3) is 11.7 Å². The van der Waals surface area contributed by atoms with E-state index in [1.165, 1.54) is 29.2 Å². The Labute approximate surface area is 185 Å². The summed E-state index contributed by atoms with van der Waals surface area (Å²) >= 11 is 9.29. The van der Waals surface area contributed by atoms with Crippen molar-refractivity contribution in [2.45, 2.75) is 6.04 Å². The second kappa shape index (κ2) is 8.05. The van der Waals surface area contributed by atoms with Crippen LogP contribution in [0, 0.1) is 5.82 Å². The van der Waals surface area contributed by atoms with Gasteiger partial charge in [-0.05, 0) is 66.2 Å². The maximum absolute atomic E-state index is 13.4. The van der Waals surface area contributed by atoms with Crippen LogP contribution in [0.4, 0.5) is 10.1 Å². The summed E-state index contributed by atoms with van der Waals surface area (Å²) in [4.78, 5) is 27.2. The van der Waals surface area contributed by atoms with E-state index in [-0.39, 0.29) is 11.3 Å². The first kappa shape index (κ1) is 20.3. The largest absolute Gasteiger partial charge is 0.507 e. The van der Waals surface area contributed by atoms with E-state index in [2.05, 4.69) is 15.9 Å². The number of hydrogen-bond acceptors (Lipinski definition) is 3. The molecule has 0 bridgehead atoms. The van der Waals surface area contributed by atoms with Crippen molar-refractivity contribution in [3.05, 3.63) is 105 Å². The first-order valence-electron chi connectivity index (χ1n) is 8.95. The molecule has 1 atom stereocenters. The van der Waals surface area contributed by atoms with Crippen LogP contribution in [0.5, 0.6) is 0 Å². The molecular weight excluding hydrogens is 473 g/mol. The molecule has 0 aliphatic carbocycles. The van der Waals surface area contributed by atoms with E-state index < -0.39 is 23.5 Å². The fourth-order valence-electron chi connectivity index (χ4n) is 3.42. The number of anilines is 1. The molecule has 1 aliphatic heterocycles. The molecule has 150 valence electrons. The smallest absolute Gasteiger partial charge is 0.300 e. The predicted molar refractivity (Wildman–Crippen MR) is 117 cm³/mol. The van der Waals surface area contributed by atoms with Crippen LogP contribution in [0.1, 0.15) is 17.2 Å². The number of carbonyl (C=O) groups is 2. The highest BCUT2D eigenvalue weighted by Crippen LogP contribution is 2.42. The quantitative estimate of drug-likeness (QED) is 0.286. The van der Waals surface area contributed by atoms with Gasteiger partial charge in [0.2, 0.25) is 0 Å². The summed E-state index contributed by atoms with van der Waals surface area (Å²) in [7, 11) is 0. The molecule has 1 amide bonds. The number of amides is 1. The van der Waals surface area contributed by atoms with Gasteiger partial charge in [-0.2, -0.15) is 0 Å². The number of halogens is 3. The Morgan fingerprint density at radius 1 is 0.933 bits per heavy atom. The van der Waals surface area contributed by atoms with Gasteiger partial charge in [-0.1, -0.05) is 39.7 Å². The third-order valence-corrected chi connectivity index (χ3v) is 5.63. The van der Waals surface area contributed by atoms with Crippen LogP contribution in [0.15, 0.2) is 82.8 Å². The number of carbonyl (C=O) groups excluding carboxylic acids is 2. The van der Waals surface area contributed by atoms with Gasteiger partial charge in [0.05, 0.1) is 11.6 Å². The Balaban J connectivity index is 1.93. The lowest BCUT2D eigenvalue weighted by molar-refractivity contribution is -0.132. The van der Waals surface area contributed by atoms with E-state index in [4.69, 9.17) is 11.6 Å². The molecule has 3 aromatic carbocycles. The molecule has 0 saturated carbocycles. The second-order valence-corrected chi connectivity index (χ2v) is 8.06. The average molecular weight is 487 g/mol. The lowest BCUT2D eigenvalue weighted by Crippen LogP contribution is -2.29. The van der Waals surface area contributed by atoms with Crippen molar-refractivity contribution < 1.29 is 19.1 Å². The van der Waals surface area contributed by atoms with Gasteiger partial charge >= 0.3 is 0 Å². The minimum atomic E-state index is -0.876. The van der Waals surface area contributed by atoms with E-state index in [0.717, 1.165) is 4.47 Å². The van der Waals surface area contributed by atoms with E-state index in [0.29, 0.717) is 21.8 Å². The Bertz CT molecular complexity index is 1160. The van der Waals surface area contributed by atoms with Gasteiger partial charge < -0.3 is 5.11 Å². The minimum Gasteiger partial charge on any atom is -0.507 e. The third kappa shape index (κ3) is 3.64. The summed E-state index contributed by atoms with van der Waals surface area (Å²) in [6, 6.07) is 17.8. The van der Waals surface area contributed by atoms with E-state index in [1.807, 2.05) is 0 Å². The minimum absolute atomic E-state index is 0.0473. The number of benzene rings is 3. The normalized spacial score (nSPS) is 18.1. The molecular formula is C23H14BrClFNO3. The van der Waals surface area contributed by atoms with Crippen LogP contribution in [-0.2, 0) is 9.59 Å². The summed E-state index contributed by atoms with van der Waals surface area (Å²) < 4.78 is 14.3. The van der Waals surface area contributed by atoms with Crippen molar-refractivity contribution >= 4 is 50.7 Å². The molecule has 0 spiro atoms. The highest BCUT2D eigenvalue weighted by atomic mass is 79.9. The monoisotopic (exact) mass is 485 g/mol. The molecule has 1 N–H and O–H groups in total. The highest BCUT2D eigenvalue weighted by molar-refractivity contribution is 9.10. The zero-order valence-corrected chi connectivity index (χ0v) is 17.7. The van der Waals surface area contributed by atoms with Gasteiger partial charge in [-0.25, -0.2) is 4.39 Å². The van der Waals surface area contributed by atoms with Gasteiger partial charge in [-0.3, -0.25) is 14.5 Å². The average Bonchev–Trinajstić information content (AvgIpc) is 3.00. The van der Waals surface area contributed by atoms with Crippen molar-refractivity contribution in [3.63, 3.8) is 0 Å². The number of hydrogen-bond donors (Lipinski definition) is 1. The molecule has 1 fully saturated rings. The summed E-state index contributed by atoms with van der Waals surface area (Å²) in [5.41, 5.74) is 1.28.